The predicted molar refractivity (Wildman–Crippen MR) is 72.7 cm³/mol. The second-order valence-corrected chi connectivity index (χ2v) is 4.36. The maximum Gasteiger partial charge on any atom is 0.00153 e. The average molecular weight is 218 g/mol. The van der Waals surface area contributed by atoms with Crippen LogP contribution in [-0.4, -0.2) is 0 Å². The standard InChI is InChI=1S/C17H14/c1-2-13-11-12-14-7-3-4-9-16(14)17-10-6-5-8-15(13)17/h3-10H,1,11-12H2. The van der Waals surface area contributed by atoms with Crippen molar-refractivity contribution in [3.8, 4) is 11.1 Å². The minimum atomic E-state index is 1.03. The van der Waals surface area contributed by atoms with Crippen LogP contribution in [-0.2, 0) is 6.42 Å². The minimum absolute atomic E-state index is 1.03. The zero-order valence-corrected chi connectivity index (χ0v) is 9.74. The van der Waals surface area contributed by atoms with Crippen LogP contribution in [0.4, 0.5) is 0 Å². The van der Waals surface area contributed by atoms with Crippen molar-refractivity contribution in [2.24, 2.45) is 0 Å². The molecule has 0 heteroatoms. The van der Waals surface area contributed by atoms with Gasteiger partial charge in [0.05, 0.1) is 0 Å². The Bertz CT molecular complexity index is 613. The van der Waals surface area contributed by atoms with E-state index in [2.05, 4.69) is 60.8 Å². The van der Waals surface area contributed by atoms with Crippen LogP contribution in [0, 0.1) is 0 Å². The summed E-state index contributed by atoms with van der Waals surface area (Å²) in [4.78, 5) is 0. The summed E-state index contributed by atoms with van der Waals surface area (Å²) in [6.07, 6.45) is 2.10. The fraction of sp³-hybridized carbons (Fsp3) is 0.118. The summed E-state index contributed by atoms with van der Waals surface area (Å²) in [6.45, 7) is 3.83. The molecule has 1 aliphatic rings. The van der Waals surface area contributed by atoms with Gasteiger partial charge in [0, 0.05) is 5.57 Å². The van der Waals surface area contributed by atoms with Gasteiger partial charge < -0.3 is 0 Å². The van der Waals surface area contributed by atoms with Gasteiger partial charge in [-0.2, -0.15) is 0 Å². The fourth-order valence-electron chi connectivity index (χ4n) is 2.56. The number of hydrogen-bond acceptors (Lipinski definition) is 0. The lowest BCUT2D eigenvalue weighted by Crippen LogP contribution is -1.86. The van der Waals surface area contributed by atoms with Crippen molar-refractivity contribution in [3.05, 3.63) is 72.0 Å². The van der Waals surface area contributed by atoms with Gasteiger partial charge in [0.25, 0.3) is 0 Å². The maximum atomic E-state index is 3.83. The van der Waals surface area contributed by atoms with E-state index in [4.69, 9.17) is 0 Å². The molecule has 0 radical (unpaired) electrons. The third-order valence-corrected chi connectivity index (χ3v) is 3.42. The first-order chi connectivity index (χ1) is 8.40. The number of rotatable bonds is 0. The molecule has 0 saturated heterocycles. The van der Waals surface area contributed by atoms with Crippen LogP contribution in [0.5, 0.6) is 0 Å². The van der Waals surface area contributed by atoms with Gasteiger partial charge in [0.15, 0.2) is 0 Å². The molecule has 0 nitrogen and oxygen atoms in total. The molecule has 0 bridgehead atoms. The Hall–Kier alpha value is -2.04. The molecule has 82 valence electrons. The summed E-state index contributed by atoms with van der Waals surface area (Å²) in [7, 11) is 0. The van der Waals surface area contributed by atoms with E-state index in [1.807, 2.05) is 0 Å². The smallest absolute Gasteiger partial charge is 0.00153 e. The summed E-state index contributed by atoms with van der Waals surface area (Å²) in [5.74, 6) is 0. The van der Waals surface area contributed by atoms with E-state index < -0.39 is 0 Å². The van der Waals surface area contributed by atoms with Crippen molar-refractivity contribution in [2.45, 2.75) is 12.8 Å². The van der Waals surface area contributed by atoms with E-state index in [0.717, 1.165) is 12.8 Å². The highest BCUT2D eigenvalue weighted by Gasteiger charge is 2.16. The molecule has 0 amide bonds. The first-order valence-corrected chi connectivity index (χ1v) is 5.97. The summed E-state index contributed by atoms with van der Waals surface area (Å²) in [5, 5.41) is 0. The largest absolute Gasteiger partial charge is 0.125 e. The van der Waals surface area contributed by atoms with E-state index >= 15 is 0 Å². The Kier molecular flexibility index (Phi) is 2.44. The van der Waals surface area contributed by atoms with Crippen molar-refractivity contribution in [2.75, 3.05) is 0 Å². The highest BCUT2D eigenvalue weighted by atomic mass is 14.2. The summed E-state index contributed by atoms with van der Waals surface area (Å²) < 4.78 is 0. The van der Waals surface area contributed by atoms with Crippen molar-refractivity contribution in [3.63, 3.8) is 0 Å². The topological polar surface area (TPSA) is 0 Å². The second-order valence-electron chi connectivity index (χ2n) is 4.36. The van der Waals surface area contributed by atoms with Crippen LogP contribution in [0.25, 0.3) is 16.7 Å². The highest BCUT2D eigenvalue weighted by molar-refractivity contribution is 5.84. The monoisotopic (exact) mass is 218 g/mol. The fourth-order valence-corrected chi connectivity index (χ4v) is 2.56. The normalized spacial score (nSPS) is 13.3. The van der Waals surface area contributed by atoms with Crippen LogP contribution < -0.4 is 0 Å². The quantitative estimate of drug-likeness (QED) is 0.572. The Morgan fingerprint density at radius 2 is 1.41 bits per heavy atom. The lowest BCUT2D eigenvalue weighted by atomic mass is 9.95. The first kappa shape index (κ1) is 10.1. The number of allylic oxidation sites excluding steroid dienone is 1. The predicted octanol–water partition coefficient (Wildman–Crippen LogP) is 4.47. The molecule has 1 aliphatic carbocycles. The van der Waals surface area contributed by atoms with Gasteiger partial charge >= 0.3 is 0 Å². The number of hydrogen-bond donors (Lipinski definition) is 0. The summed E-state index contributed by atoms with van der Waals surface area (Å²) in [5.41, 5.74) is 9.71. The van der Waals surface area contributed by atoms with E-state index in [1.54, 1.807) is 0 Å². The summed E-state index contributed by atoms with van der Waals surface area (Å²) >= 11 is 0. The number of fused-ring (bicyclic) bond motifs is 3. The molecule has 3 rings (SSSR count). The van der Waals surface area contributed by atoms with Gasteiger partial charge in [-0.1, -0.05) is 55.1 Å². The van der Waals surface area contributed by atoms with Crippen molar-refractivity contribution in [1.82, 2.24) is 0 Å². The molecule has 2 aromatic carbocycles. The van der Waals surface area contributed by atoms with Gasteiger partial charge in [-0.25, -0.2) is 0 Å². The van der Waals surface area contributed by atoms with Crippen LogP contribution in [0.3, 0.4) is 0 Å². The zero-order valence-electron chi connectivity index (χ0n) is 9.74. The van der Waals surface area contributed by atoms with Crippen molar-refractivity contribution < 1.29 is 0 Å². The number of aryl methyl sites for hydroxylation is 1. The van der Waals surface area contributed by atoms with Gasteiger partial charge in [-0.3, -0.25) is 0 Å². The third-order valence-electron chi connectivity index (χ3n) is 3.42. The molecule has 0 aliphatic heterocycles. The SMILES string of the molecule is C=C=C1CCc2ccccc2-c2ccccc21. The molecule has 0 atom stereocenters. The molecular formula is C17H14. The lowest BCUT2D eigenvalue weighted by molar-refractivity contribution is 1.03. The molecule has 17 heavy (non-hydrogen) atoms. The maximum absolute atomic E-state index is 3.83. The van der Waals surface area contributed by atoms with E-state index in [9.17, 15) is 0 Å². The Labute approximate surface area is 102 Å². The molecule has 0 heterocycles. The van der Waals surface area contributed by atoms with Gasteiger partial charge in [-0.15, -0.1) is 5.73 Å². The molecular weight excluding hydrogens is 204 g/mol. The molecule has 0 unspecified atom stereocenters. The van der Waals surface area contributed by atoms with Gasteiger partial charge in [0.1, 0.15) is 0 Å². The molecule has 0 saturated carbocycles. The first-order valence-electron chi connectivity index (χ1n) is 5.97. The van der Waals surface area contributed by atoms with Crippen LogP contribution in [0.15, 0.2) is 60.8 Å². The van der Waals surface area contributed by atoms with Crippen molar-refractivity contribution in [1.29, 1.82) is 0 Å². The average Bonchev–Trinajstić information content (AvgIpc) is 2.56. The summed E-state index contributed by atoms with van der Waals surface area (Å²) in [6, 6.07) is 17.2. The molecule has 0 N–H and O–H groups in total. The van der Waals surface area contributed by atoms with E-state index in [0.29, 0.717) is 0 Å². The Balaban J connectivity index is 2.34. The van der Waals surface area contributed by atoms with Crippen LogP contribution >= 0.6 is 0 Å². The van der Waals surface area contributed by atoms with E-state index in [1.165, 1.54) is 27.8 Å². The van der Waals surface area contributed by atoms with Gasteiger partial charge in [-0.05, 0) is 35.1 Å². The van der Waals surface area contributed by atoms with Crippen molar-refractivity contribution >= 4 is 5.57 Å². The molecule has 0 spiro atoms. The third kappa shape index (κ3) is 1.63. The Morgan fingerprint density at radius 1 is 0.765 bits per heavy atom. The molecule has 2 aromatic rings. The van der Waals surface area contributed by atoms with Gasteiger partial charge in [0.2, 0.25) is 0 Å². The Morgan fingerprint density at radius 3 is 2.18 bits per heavy atom. The highest BCUT2D eigenvalue weighted by Crippen LogP contribution is 2.36. The molecule has 0 fully saturated rings. The van der Waals surface area contributed by atoms with Crippen LogP contribution in [0.2, 0.25) is 0 Å². The van der Waals surface area contributed by atoms with Crippen LogP contribution in [0.1, 0.15) is 17.5 Å². The lowest BCUT2D eigenvalue weighted by Gasteiger charge is -2.08. The van der Waals surface area contributed by atoms with E-state index in [-0.39, 0.29) is 0 Å². The zero-order chi connectivity index (χ0) is 11.7. The number of benzene rings is 2. The molecule has 0 aromatic heterocycles. The second kappa shape index (κ2) is 4.08. The minimum Gasteiger partial charge on any atom is -0.125 e.